The predicted octanol–water partition coefficient (Wildman–Crippen LogP) is -3.09. The van der Waals surface area contributed by atoms with Gasteiger partial charge >= 0.3 is 0 Å². The van der Waals surface area contributed by atoms with E-state index in [1.807, 2.05) is 0 Å². The fourth-order valence-corrected chi connectivity index (χ4v) is 0.738. The fraction of sp³-hybridized carbons (Fsp3) is 1.00. The Morgan fingerprint density at radius 2 is 1.38 bits per heavy atom. The molecule has 0 saturated heterocycles. The molecule has 0 aliphatic heterocycles. The molecule has 0 unspecified atom stereocenters. The van der Waals surface area contributed by atoms with Crippen LogP contribution >= 0.6 is 0 Å². The summed E-state index contributed by atoms with van der Waals surface area (Å²) in [7, 11) is 0. The average Bonchev–Trinajstić information content (AvgIpc) is 2.14. The van der Waals surface area contributed by atoms with Gasteiger partial charge in [-0.2, -0.15) is 0 Å². The van der Waals surface area contributed by atoms with Gasteiger partial charge in [-0.25, -0.2) is 4.89 Å². The second-order valence-electron chi connectivity index (χ2n) is 2.59. The molecule has 0 rings (SSSR count). The summed E-state index contributed by atoms with van der Waals surface area (Å²) < 4.78 is 0. The van der Waals surface area contributed by atoms with Crippen LogP contribution in [0.15, 0.2) is 0 Å². The van der Waals surface area contributed by atoms with E-state index in [9.17, 15) is 0 Å². The highest BCUT2D eigenvalue weighted by molar-refractivity contribution is 4.79. The molecule has 0 aromatic heterocycles. The van der Waals surface area contributed by atoms with Gasteiger partial charge < -0.3 is 25.5 Å². The SMILES string of the molecule is OC[C@@H](O)[C@@H](O)[C@H](O)[C@@H](O)COO. The monoisotopic (exact) mass is 198 g/mol. The molecule has 6 N–H and O–H groups in total. The molecule has 0 spiro atoms. The molecule has 7 nitrogen and oxygen atoms in total. The van der Waals surface area contributed by atoms with Crippen LogP contribution in [0.4, 0.5) is 0 Å². The predicted molar refractivity (Wildman–Crippen MR) is 39.7 cm³/mol. The van der Waals surface area contributed by atoms with Gasteiger partial charge in [-0.3, -0.25) is 5.26 Å². The van der Waals surface area contributed by atoms with Crippen molar-refractivity contribution in [3.63, 3.8) is 0 Å². The van der Waals surface area contributed by atoms with Crippen LogP contribution < -0.4 is 0 Å². The summed E-state index contributed by atoms with van der Waals surface area (Å²) in [6, 6.07) is 0. The highest BCUT2D eigenvalue weighted by Crippen LogP contribution is 2.04. The summed E-state index contributed by atoms with van der Waals surface area (Å²) in [5.74, 6) is 0. The van der Waals surface area contributed by atoms with E-state index >= 15 is 0 Å². The van der Waals surface area contributed by atoms with E-state index in [1.54, 1.807) is 0 Å². The molecule has 0 saturated carbocycles. The van der Waals surface area contributed by atoms with Crippen molar-refractivity contribution in [2.45, 2.75) is 24.4 Å². The zero-order chi connectivity index (χ0) is 10.4. The molecule has 13 heavy (non-hydrogen) atoms. The second-order valence-corrected chi connectivity index (χ2v) is 2.59. The maximum absolute atomic E-state index is 9.06. The maximum atomic E-state index is 9.06. The quantitative estimate of drug-likeness (QED) is 0.197. The Bertz CT molecular complexity index is 130. The van der Waals surface area contributed by atoms with Crippen LogP contribution in [0, 0.1) is 0 Å². The van der Waals surface area contributed by atoms with Gasteiger partial charge in [-0.05, 0) is 0 Å². The first-order valence-corrected chi connectivity index (χ1v) is 3.64. The molecular weight excluding hydrogens is 184 g/mol. The largest absolute Gasteiger partial charge is 0.394 e. The van der Waals surface area contributed by atoms with E-state index in [2.05, 4.69) is 4.89 Å². The Morgan fingerprint density at radius 1 is 0.923 bits per heavy atom. The van der Waals surface area contributed by atoms with E-state index in [4.69, 9.17) is 30.8 Å². The van der Waals surface area contributed by atoms with Crippen molar-refractivity contribution >= 4 is 0 Å². The molecular formula is C6H14O7. The Balaban J connectivity index is 3.99. The van der Waals surface area contributed by atoms with Gasteiger partial charge in [0.1, 0.15) is 31.0 Å². The van der Waals surface area contributed by atoms with Crippen LogP contribution in [0.2, 0.25) is 0 Å². The normalized spacial score (nSPS) is 20.8. The molecule has 0 aliphatic rings. The lowest BCUT2D eigenvalue weighted by Crippen LogP contribution is -2.47. The molecule has 0 aromatic rings. The smallest absolute Gasteiger partial charge is 0.111 e. The zero-order valence-corrected chi connectivity index (χ0v) is 6.82. The van der Waals surface area contributed by atoms with E-state index in [0.717, 1.165) is 0 Å². The highest BCUT2D eigenvalue weighted by atomic mass is 17.1. The molecule has 4 atom stereocenters. The van der Waals surface area contributed by atoms with E-state index in [-0.39, 0.29) is 0 Å². The first-order chi connectivity index (χ1) is 6.04. The van der Waals surface area contributed by atoms with Gasteiger partial charge in [-0.1, -0.05) is 0 Å². The summed E-state index contributed by atoms with van der Waals surface area (Å²) in [5, 5.41) is 52.1. The maximum Gasteiger partial charge on any atom is 0.111 e. The molecule has 0 radical (unpaired) electrons. The molecule has 0 bridgehead atoms. The van der Waals surface area contributed by atoms with Gasteiger partial charge in [0.05, 0.1) is 6.61 Å². The highest BCUT2D eigenvalue weighted by Gasteiger charge is 2.29. The lowest BCUT2D eigenvalue weighted by Gasteiger charge is -2.24. The van der Waals surface area contributed by atoms with Crippen molar-refractivity contribution in [2.24, 2.45) is 0 Å². The first kappa shape index (κ1) is 12.7. The summed E-state index contributed by atoms with van der Waals surface area (Å²) in [4.78, 5) is 3.52. The minimum Gasteiger partial charge on any atom is -0.394 e. The number of aliphatic hydroxyl groups is 5. The lowest BCUT2D eigenvalue weighted by molar-refractivity contribution is -0.267. The standard InChI is InChI=1S/C6H14O7/c7-1-3(8)5(10)6(11)4(9)2-13-12/h3-12H,1-2H2/t3-,4+,5-,6-/m1/s1. The molecule has 80 valence electrons. The Labute approximate surface area is 74.4 Å². The van der Waals surface area contributed by atoms with Crippen molar-refractivity contribution in [1.29, 1.82) is 0 Å². The third-order valence-electron chi connectivity index (χ3n) is 1.57. The first-order valence-electron chi connectivity index (χ1n) is 3.64. The van der Waals surface area contributed by atoms with Crippen LogP contribution in [0.3, 0.4) is 0 Å². The number of rotatable bonds is 6. The van der Waals surface area contributed by atoms with Gasteiger partial charge in [0.2, 0.25) is 0 Å². The summed E-state index contributed by atoms with van der Waals surface area (Å²) >= 11 is 0. The van der Waals surface area contributed by atoms with E-state index in [1.165, 1.54) is 0 Å². The van der Waals surface area contributed by atoms with Crippen molar-refractivity contribution in [1.82, 2.24) is 0 Å². The third kappa shape index (κ3) is 3.96. The van der Waals surface area contributed by atoms with Crippen LogP contribution in [0.1, 0.15) is 0 Å². The van der Waals surface area contributed by atoms with E-state index < -0.39 is 37.6 Å². The van der Waals surface area contributed by atoms with Gasteiger partial charge in [0.15, 0.2) is 0 Å². The van der Waals surface area contributed by atoms with Crippen molar-refractivity contribution in [3.8, 4) is 0 Å². The van der Waals surface area contributed by atoms with Crippen LogP contribution in [-0.2, 0) is 4.89 Å². The molecule has 0 aromatic carbocycles. The fourth-order valence-electron chi connectivity index (χ4n) is 0.738. The Morgan fingerprint density at radius 3 is 1.77 bits per heavy atom. The summed E-state index contributed by atoms with van der Waals surface area (Å²) in [5.41, 5.74) is 0. The van der Waals surface area contributed by atoms with Gasteiger partial charge in [0.25, 0.3) is 0 Å². The molecule has 0 amide bonds. The molecule has 7 heteroatoms. The number of aliphatic hydroxyl groups excluding tert-OH is 5. The zero-order valence-electron chi connectivity index (χ0n) is 6.82. The van der Waals surface area contributed by atoms with Crippen molar-refractivity contribution < 1.29 is 35.7 Å². The van der Waals surface area contributed by atoms with Crippen molar-refractivity contribution in [2.75, 3.05) is 13.2 Å². The summed E-state index contributed by atoms with van der Waals surface area (Å²) in [6.07, 6.45) is -6.49. The molecule has 0 aliphatic carbocycles. The van der Waals surface area contributed by atoms with Crippen LogP contribution in [0.5, 0.6) is 0 Å². The summed E-state index contributed by atoms with van der Waals surface area (Å²) in [6.45, 7) is -1.35. The number of hydrogen-bond donors (Lipinski definition) is 6. The second kappa shape index (κ2) is 6.22. The lowest BCUT2D eigenvalue weighted by atomic mass is 10.0. The van der Waals surface area contributed by atoms with Gasteiger partial charge in [0, 0.05) is 0 Å². The van der Waals surface area contributed by atoms with Crippen LogP contribution in [0.25, 0.3) is 0 Å². The Hall–Kier alpha value is -0.280. The van der Waals surface area contributed by atoms with E-state index in [0.29, 0.717) is 0 Å². The number of hydrogen-bond acceptors (Lipinski definition) is 7. The Kier molecular flexibility index (Phi) is 6.08. The topological polar surface area (TPSA) is 131 Å². The van der Waals surface area contributed by atoms with Crippen LogP contribution in [-0.4, -0.2) is 68.4 Å². The minimum absolute atomic E-state index is 0.601. The molecule has 0 fully saturated rings. The third-order valence-corrected chi connectivity index (χ3v) is 1.57. The average molecular weight is 198 g/mol. The van der Waals surface area contributed by atoms with Gasteiger partial charge in [-0.15, -0.1) is 0 Å². The minimum atomic E-state index is -1.70. The van der Waals surface area contributed by atoms with Crippen molar-refractivity contribution in [3.05, 3.63) is 0 Å². The molecule has 0 heterocycles.